The molecule has 1 amide bonds. The molecule has 242 valence electrons. The molecule has 3 N–H and O–H groups in total. The quantitative estimate of drug-likeness (QED) is 0.117. The van der Waals surface area contributed by atoms with Gasteiger partial charge in [-0.1, -0.05) is 104 Å². The van der Waals surface area contributed by atoms with Crippen molar-refractivity contribution in [3.8, 4) is 11.1 Å². The SMILES string of the molecule is C[C@H]1[C@@H](CSc2nc3ccccc3s2)O[C@@H](c2ccc(-c3ccccc3CNC(=O)CCC(=O)O)cc2)O[C@H]1c1ccc(CO)cc1. The van der Waals surface area contributed by atoms with Crippen LogP contribution in [-0.2, 0) is 32.2 Å². The second-order valence-corrected chi connectivity index (χ2v) is 13.8. The van der Waals surface area contributed by atoms with Gasteiger partial charge in [-0.3, -0.25) is 9.59 Å². The van der Waals surface area contributed by atoms with Gasteiger partial charge in [-0.05, 0) is 39.9 Å². The van der Waals surface area contributed by atoms with Crippen molar-refractivity contribution in [1.29, 1.82) is 0 Å². The van der Waals surface area contributed by atoms with Crippen molar-refractivity contribution in [2.45, 2.75) is 55.8 Å². The summed E-state index contributed by atoms with van der Waals surface area (Å²) in [6.45, 7) is 2.44. The molecule has 47 heavy (non-hydrogen) atoms. The summed E-state index contributed by atoms with van der Waals surface area (Å²) in [5.74, 6) is -0.514. The highest BCUT2D eigenvalue weighted by Gasteiger charge is 2.38. The lowest BCUT2D eigenvalue weighted by atomic mass is 9.91. The zero-order chi connectivity index (χ0) is 32.8. The van der Waals surface area contributed by atoms with E-state index in [1.54, 1.807) is 23.1 Å². The number of para-hydroxylation sites is 1. The number of aromatic nitrogens is 1. The number of hydrogen-bond acceptors (Lipinski definition) is 8. The monoisotopic (exact) mass is 668 g/mol. The second kappa shape index (κ2) is 15.2. The van der Waals surface area contributed by atoms with Crippen LogP contribution < -0.4 is 5.32 Å². The number of nitrogens with zero attached hydrogens (tertiary/aromatic N) is 1. The molecule has 5 aromatic rings. The van der Waals surface area contributed by atoms with Gasteiger partial charge in [0.2, 0.25) is 5.91 Å². The van der Waals surface area contributed by atoms with Crippen LogP contribution in [0.4, 0.5) is 0 Å². The Morgan fingerprint density at radius 2 is 1.62 bits per heavy atom. The maximum atomic E-state index is 12.1. The van der Waals surface area contributed by atoms with Crippen molar-refractivity contribution in [3.05, 3.63) is 119 Å². The van der Waals surface area contributed by atoms with E-state index < -0.39 is 12.3 Å². The molecule has 4 atom stereocenters. The lowest BCUT2D eigenvalue weighted by molar-refractivity contribution is -0.268. The summed E-state index contributed by atoms with van der Waals surface area (Å²) in [5, 5.41) is 21.3. The van der Waals surface area contributed by atoms with Crippen LogP contribution in [0.15, 0.2) is 101 Å². The van der Waals surface area contributed by atoms with Gasteiger partial charge in [0.15, 0.2) is 10.6 Å². The lowest BCUT2D eigenvalue weighted by Crippen LogP contribution is -2.38. The van der Waals surface area contributed by atoms with Crippen LogP contribution in [0.2, 0.25) is 0 Å². The minimum atomic E-state index is -0.995. The van der Waals surface area contributed by atoms with Gasteiger partial charge in [0.05, 0.1) is 35.5 Å². The van der Waals surface area contributed by atoms with E-state index in [0.29, 0.717) is 6.54 Å². The molecule has 1 fully saturated rings. The molecule has 0 bridgehead atoms. The fourth-order valence-electron chi connectivity index (χ4n) is 5.65. The molecule has 6 rings (SSSR count). The second-order valence-electron chi connectivity index (χ2n) is 11.5. The fourth-order valence-corrected chi connectivity index (χ4v) is 7.91. The molecule has 0 saturated carbocycles. The van der Waals surface area contributed by atoms with Gasteiger partial charge in [-0.25, -0.2) is 4.98 Å². The summed E-state index contributed by atoms with van der Waals surface area (Å²) in [6, 6.07) is 32.0. The third-order valence-corrected chi connectivity index (χ3v) is 10.6. The minimum Gasteiger partial charge on any atom is -0.481 e. The van der Waals surface area contributed by atoms with Gasteiger partial charge in [0.1, 0.15) is 0 Å². The third kappa shape index (κ3) is 8.09. The molecule has 10 heteroatoms. The largest absolute Gasteiger partial charge is 0.481 e. The van der Waals surface area contributed by atoms with Crippen LogP contribution in [0.1, 0.15) is 54.4 Å². The maximum Gasteiger partial charge on any atom is 0.303 e. The zero-order valence-electron chi connectivity index (χ0n) is 25.9. The first-order chi connectivity index (χ1) is 22.9. The van der Waals surface area contributed by atoms with E-state index in [-0.39, 0.29) is 43.5 Å². The number of carboxylic acid groups (broad SMARTS) is 1. The Morgan fingerprint density at radius 1 is 0.894 bits per heavy atom. The maximum absolute atomic E-state index is 12.1. The van der Waals surface area contributed by atoms with E-state index >= 15 is 0 Å². The average Bonchev–Trinajstić information content (AvgIpc) is 3.53. The van der Waals surface area contributed by atoms with Gasteiger partial charge in [0, 0.05) is 30.2 Å². The summed E-state index contributed by atoms with van der Waals surface area (Å²) in [6.07, 6.45) is -1.17. The topological polar surface area (TPSA) is 118 Å². The van der Waals surface area contributed by atoms with Crippen molar-refractivity contribution in [1.82, 2.24) is 10.3 Å². The number of carboxylic acids is 1. The zero-order valence-corrected chi connectivity index (χ0v) is 27.5. The van der Waals surface area contributed by atoms with Gasteiger partial charge >= 0.3 is 5.97 Å². The summed E-state index contributed by atoms with van der Waals surface area (Å²) in [5.41, 5.74) is 6.67. The number of thioether (sulfide) groups is 1. The predicted molar refractivity (Wildman–Crippen MR) is 184 cm³/mol. The highest BCUT2D eigenvalue weighted by molar-refractivity contribution is 8.01. The number of aliphatic carboxylic acids is 1. The third-order valence-electron chi connectivity index (χ3n) is 8.32. The van der Waals surface area contributed by atoms with Gasteiger partial charge in [0.25, 0.3) is 0 Å². The van der Waals surface area contributed by atoms with E-state index in [4.69, 9.17) is 19.6 Å². The van der Waals surface area contributed by atoms with Crippen molar-refractivity contribution in [3.63, 3.8) is 0 Å². The molecule has 1 aromatic heterocycles. The highest BCUT2D eigenvalue weighted by atomic mass is 32.2. The number of rotatable bonds is 12. The van der Waals surface area contributed by atoms with Gasteiger partial charge < -0.3 is 25.0 Å². The number of aliphatic hydroxyl groups is 1. The first-order valence-corrected chi connectivity index (χ1v) is 17.3. The number of thiazole rings is 1. The smallest absolute Gasteiger partial charge is 0.303 e. The normalized spacial score (nSPS) is 19.4. The number of carbonyl (C=O) groups excluding carboxylic acids is 1. The molecule has 8 nitrogen and oxygen atoms in total. The first-order valence-electron chi connectivity index (χ1n) is 15.5. The number of nitrogens with one attached hydrogen (secondary N) is 1. The fraction of sp³-hybridized carbons (Fsp3) is 0.270. The van der Waals surface area contributed by atoms with Crippen LogP contribution in [0.5, 0.6) is 0 Å². The Bertz CT molecular complexity index is 1790. The summed E-state index contributed by atoms with van der Waals surface area (Å²) < 4.78 is 15.5. The number of hydrogen-bond donors (Lipinski definition) is 3. The number of aliphatic hydroxyl groups excluding tert-OH is 1. The molecule has 0 radical (unpaired) electrons. The summed E-state index contributed by atoms with van der Waals surface area (Å²) >= 11 is 3.39. The highest BCUT2D eigenvalue weighted by Crippen LogP contribution is 2.44. The molecule has 1 saturated heterocycles. The predicted octanol–water partition coefficient (Wildman–Crippen LogP) is 7.52. The van der Waals surface area contributed by atoms with Crippen LogP contribution >= 0.6 is 23.1 Å². The Morgan fingerprint density at radius 3 is 2.36 bits per heavy atom. The Kier molecular flexibility index (Phi) is 10.6. The van der Waals surface area contributed by atoms with Crippen molar-refractivity contribution >= 4 is 45.2 Å². The van der Waals surface area contributed by atoms with E-state index in [1.165, 1.54) is 0 Å². The standard InChI is InChI=1S/C37H36N2O6S2/c1-23-31(22-46-37-39-30-8-4-5-9-32(30)47-37)44-36(45-35(23)26-12-10-24(21-40)11-13-26)27-16-14-25(15-17-27)29-7-3-2-6-28(29)20-38-33(41)18-19-34(42)43/h2-17,23,31,35-36,40H,18-22H2,1H3,(H,38,41)(H,42,43)/t23-,31+,35+,36+/m0/s1. The minimum absolute atomic E-state index is 0.0128. The molecular weight excluding hydrogens is 633 g/mol. The Balaban J connectivity index is 1.20. The lowest BCUT2D eigenvalue weighted by Gasteiger charge is -2.41. The molecule has 1 aliphatic rings. The Hall–Kier alpha value is -4.06. The molecule has 4 aromatic carbocycles. The average molecular weight is 669 g/mol. The van der Waals surface area contributed by atoms with Gasteiger partial charge in [-0.15, -0.1) is 11.3 Å². The Labute approximate surface area is 281 Å². The van der Waals surface area contributed by atoms with E-state index in [2.05, 4.69) is 18.3 Å². The number of benzene rings is 4. The molecular formula is C37H36N2O6S2. The van der Waals surface area contributed by atoms with E-state index in [1.807, 2.05) is 91.0 Å². The molecule has 0 spiro atoms. The van der Waals surface area contributed by atoms with E-state index in [0.717, 1.165) is 53.7 Å². The number of amides is 1. The molecule has 2 heterocycles. The van der Waals surface area contributed by atoms with Crippen molar-refractivity contribution < 1.29 is 29.3 Å². The molecule has 0 aliphatic carbocycles. The van der Waals surface area contributed by atoms with Crippen LogP contribution in [-0.4, -0.2) is 38.9 Å². The van der Waals surface area contributed by atoms with Crippen LogP contribution in [0, 0.1) is 5.92 Å². The van der Waals surface area contributed by atoms with E-state index in [9.17, 15) is 14.7 Å². The molecule has 0 unspecified atom stereocenters. The number of ether oxygens (including phenoxy) is 2. The summed E-state index contributed by atoms with van der Waals surface area (Å²) in [7, 11) is 0. The number of carbonyl (C=O) groups is 2. The van der Waals surface area contributed by atoms with Gasteiger partial charge in [-0.2, -0.15) is 0 Å². The summed E-state index contributed by atoms with van der Waals surface area (Å²) in [4.78, 5) is 27.8. The number of fused-ring (bicyclic) bond motifs is 1. The van der Waals surface area contributed by atoms with Crippen molar-refractivity contribution in [2.75, 3.05) is 5.75 Å². The molecule has 1 aliphatic heterocycles. The van der Waals surface area contributed by atoms with Crippen molar-refractivity contribution in [2.24, 2.45) is 5.92 Å². The van der Waals surface area contributed by atoms with Crippen LogP contribution in [0.25, 0.3) is 21.3 Å². The van der Waals surface area contributed by atoms with Crippen LogP contribution in [0.3, 0.4) is 0 Å². The first kappa shape index (κ1) is 32.9.